The molecule has 2 saturated heterocycles. The number of carbonyl (C=O) groups is 4. The van der Waals surface area contributed by atoms with E-state index in [9.17, 15) is 44.4 Å². The highest BCUT2D eigenvalue weighted by molar-refractivity contribution is 6.59. The highest BCUT2D eigenvalue weighted by Crippen LogP contribution is 2.56. The zero-order valence-corrected chi connectivity index (χ0v) is 27.6. The van der Waals surface area contributed by atoms with Crippen LogP contribution in [0.25, 0.3) is 6.08 Å². The molecule has 7 rings (SSSR count). The number of anilines is 2. The number of nitrogens with zero attached hydrogens (tertiary/aromatic N) is 2. The number of hydrogen-bond donors (Lipinski definition) is 5. The first kappa shape index (κ1) is 34.2. The summed E-state index contributed by atoms with van der Waals surface area (Å²) in [6, 6.07) is 15.0. The van der Waals surface area contributed by atoms with E-state index in [1.165, 1.54) is 56.7 Å². The number of methoxy groups -OCH3 is 2. The number of carbonyl (C=O) groups excluding carboxylic acids is 4. The van der Waals surface area contributed by atoms with Gasteiger partial charge in [-0.2, -0.15) is 0 Å². The molecule has 15 heteroatoms. The minimum Gasteiger partial charge on any atom is -0.502 e. The lowest BCUT2D eigenvalue weighted by atomic mass is 9.58. The van der Waals surface area contributed by atoms with Crippen LogP contribution in [0.1, 0.15) is 18.4 Å². The van der Waals surface area contributed by atoms with E-state index in [-0.39, 0.29) is 52.4 Å². The van der Waals surface area contributed by atoms with Gasteiger partial charge >= 0.3 is 14.2 Å². The van der Waals surface area contributed by atoms with Gasteiger partial charge in [0.05, 0.1) is 49.3 Å². The number of fused-ring (bicyclic) bond motifs is 4. The Kier molecular flexibility index (Phi) is 8.84. The molecule has 2 aliphatic carbocycles. The summed E-state index contributed by atoms with van der Waals surface area (Å²) < 4.78 is 10.6. The largest absolute Gasteiger partial charge is 0.502 e. The van der Waals surface area contributed by atoms with Crippen LogP contribution in [0.2, 0.25) is 0 Å². The number of phenols is 1. The van der Waals surface area contributed by atoms with Crippen molar-refractivity contribution in [3.8, 4) is 17.2 Å². The summed E-state index contributed by atoms with van der Waals surface area (Å²) in [5, 5.41) is 49.5. The van der Waals surface area contributed by atoms with Gasteiger partial charge in [-0.25, -0.2) is 0 Å². The quantitative estimate of drug-likeness (QED) is 0.124. The maximum Gasteiger partial charge on any atom is 0.488 e. The van der Waals surface area contributed by atoms with E-state index in [0.717, 1.165) is 15.4 Å². The fourth-order valence-corrected chi connectivity index (χ4v) is 8.23. The molecule has 260 valence electrons. The molecule has 3 fully saturated rings. The highest BCUT2D eigenvalue weighted by atomic mass is 16.5. The zero-order valence-electron chi connectivity index (χ0n) is 27.6. The monoisotopic (exact) mass is 692 g/mol. The summed E-state index contributed by atoms with van der Waals surface area (Å²) in [6.45, 7) is 0. The lowest BCUT2D eigenvalue weighted by Crippen LogP contribution is -2.43. The molecule has 2 aliphatic heterocycles. The summed E-state index contributed by atoms with van der Waals surface area (Å²) in [5.41, 5.74) is 1.91. The van der Waals surface area contributed by atoms with E-state index in [4.69, 9.17) is 9.47 Å². The first-order valence-electron chi connectivity index (χ1n) is 16.5. The smallest absolute Gasteiger partial charge is 0.488 e. The first-order chi connectivity index (χ1) is 24.4. The summed E-state index contributed by atoms with van der Waals surface area (Å²) in [4.78, 5) is 58.8. The third kappa shape index (κ3) is 5.62. The predicted molar refractivity (Wildman–Crippen MR) is 186 cm³/mol. The number of hydrogen-bond acceptors (Lipinski definition) is 11. The lowest BCUT2D eigenvalue weighted by Gasteiger charge is -2.42. The molecule has 6 atom stereocenters. The molecule has 13 nitrogen and oxygen atoms in total. The van der Waals surface area contributed by atoms with Gasteiger partial charge in [-0.1, -0.05) is 48.1 Å². The maximum atomic E-state index is 14.3. The Hall–Kier alpha value is -5.21. The van der Waals surface area contributed by atoms with Crippen molar-refractivity contribution in [3.63, 3.8) is 0 Å². The molecule has 0 aromatic heterocycles. The van der Waals surface area contributed by atoms with Crippen LogP contribution < -0.4 is 30.2 Å². The molecule has 0 spiro atoms. The van der Waals surface area contributed by atoms with Crippen LogP contribution >= 0.6 is 0 Å². The maximum absolute atomic E-state index is 14.3. The Balaban J connectivity index is 1.31. The van der Waals surface area contributed by atoms with Crippen molar-refractivity contribution in [2.45, 2.75) is 12.8 Å². The summed E-state index contributed by atoms with van der Waals surface area (Å²) in [7, 11) is -0.834. The minimum absolute atomic E-state index is 0.0989. The molecule has 3 aromatic carbocycles. The normalized spacial score (nSPS) is 25.5. The van der Waals surface area contributed by atoms with Crippen molar-refractivity contribution in [1.82, 2.24) is 0 Å². The minimum atomic E-state index is -1.82. The summed E-state index contributed by atoms with van der Waals surface area (Å²) in [6.07, 6.45) is 5.74. The third-order valence-electron chi connectivity index (χ3n) is 10.6. The van der Waals surface area contributed by atoms with Crippen LogP contribution in [-0.4, -0.2) is 77.3 Å². The Morgan fingerprint density at radius 1 is 0.706 bits per heavy atom. The van der Waals surface area contributed by atoms with Crippen molar-refractivity contribution in [3.05, 3.63) is 84.0 Å². The number of benzene rings is 3. The van der Waals surface area contributed by atoms with Gasteiger partial charge in [-0.15, -0.1) is 0 Å². The summed E-state index contributed by atoms with van der Waals surface area (Å²) in [5.74, 6) is -6.34. The molecule has 6 unspecified atom stereocenters. The number of ether oxygens (including phenoxy) is 2. The van der Waals surface area contributed by atoms with Crippen LogP contribution in [0.4, 0.5) is 11.4 Å². The number of imide groups is 2. The molecule has 4 amide bonds. The van der Waals surface area contributed by atoms with Crippen LogP contribution in [0.3, 0.4) is 0 Å². The lowest BCUT2D eigenvalue weighted by molar-refractivity contribution is -0.126. The molecular formula is C36H34B2N2O11. The van der Waals surface area contributed by atoms with Crippen molar-refractivity contribution in [2.24, 2.45) is 35.5 Å². The van der Waals surface area contributed by atoms with Crippen LogP contribution in [0, 0.1) is 35.5 Å². The van der Waals surface area contributed by atoms with Crippen molar-refractivity contribution >= 4 is 66.2 Å². The van der Waals surface area contributed by atoms with E-state index in [1.54, 1.807) is 30.4 Å². The molecule has 2 heterocycles. The van der Waals surface area contributed by atoms with E-state index in [0.29, 0.717) is 5.56 Å². The topological polar surface area (TPSA) is 194 Å². The van der Waals surface area contributed by atoms with Crippen LogP contribution in [0.5, 0.6) is 17.2 Å². The number of aromatic hydroxyl groups is 1. The highest BCUT2D eigenvalue weighted by Gasteiger charge is 2.61. The average Bonchev–Trinajstić information content (AvgIpc) is 3.54. The van der Waals surface area contributed by atoms with Crippen molar-refractivity contribution in [1.29, 1.82) is 0 Å². The van der Waals surface area contributed by atoms with Gasteiger partial charge in [0.2, 0.25) is 29.4 Å². The van der Waals surface area contributed by atoms with Gasteiger partial charge in [0.15, 0.2) is 11.5 Å². The molecular weight excluding hydrogens is 658 g/mol. The zero-order chi connectivity index (χ0) is 36.3. The molecule has 0 bridgehead atoms. The number of amides is 4. The Morgan fingerprint density at radius 2 is 1.24 bits per heavy atom. The average molecular weight is 692 g/mol. The van der Waals surface area contributed by atoms with Crippen LogP contribution in [-0.2, 0) is 19.2 Å². The molecule has 0 radical (unpaired) electrons. The second kappa shape index (κ2) is 13.2. The summed E-state index contributed by atoms with van der Waals surface area (Å²) >= 11 is 0. The Labute approximate surface area is 293 Å². The molecule has 5 N–H and O–H groups in total. The Morgan fingerprint density at radius 3 is 1.76 bits per heavy atom. The SMILES string of the molecule is COc1cc(C=CC2C3=CCC4C(=O)N(c5cccc(B(O)O)c5)C(=O)C4C3CC3C(=O)N(c4cccc(B(O)O)c4)C(=O)C23)cc(OC)c1O. The van der Waals surface area contributed by atoms with Gasteiger partial charge in [-0.05, 0) is 71.6 Å². The van der Waals surface area contributed by atoms with E-state index in [2.05, 4.69) is 0 Å². The molecule has 3 aromatic rings. The molecule has 1 saturated carbocycles. The fraction of sp³-hybridized carbons (Fsp3) is 0.278. The predicted octanol–water partition coefficient (Wildman–Crippen LogP) is 0.360. The molecule has 4 aliphatic rings. The number of phenolic OH excluding ortho intramolecular Hbond substituents is 1. The van der Waals surface area contributed by atoms with Gasteiger partial charge in [0.1, 0.15) is 0 Å². The van der Waals surface area contributed by atoms with Crippen LogP contribution in [0.15, 0.2) is 78.4 Å². The molecule has 51 heavy (non-hydrogen) atoms. The van der Waals surface area contributed by atoms with E-state index >= 15 is 0 Å². The van der Waals surface area contributed by atoms with E-state index in [1.807, 2.05) is 6.08 Å². The third-order valence-corrected chi connectivity index (χ3v) is 10.6. The van der Waals surface area contributed by atoms with Gasteiger partial charge in [-0.3, -0.25) is 29.0 Å². The van der Waals surface area contributed by atoms with Gasteiger partial charge < -0.3 is 34.7 Å². The van der Waals surface area contributed by atoms with Gasteiger partial charge in [0, 0.05) is 5.92 Å². The number of rotatable bonds is 8. The van der Waals surface area contributed by atoms with E-state index < -0.39 is 73.4 Å². The fourth-order valence-electron chi connectivity index (χ4n) is 8.23. The Bertz CT molecular complexity index is 1990. The standard InChI is InChI=1S/C36H34B2N2O11/c1-50-28-13-18(14-29(51-2)32(28)41)9-10-24-23-11-12-25-31(36(45)39(33(25)42)21-7-3-5-19(15-21)37(46)47)26(23)17-27-30(24)35(44)40(34(27)43)22-8-4-6-20(16-22)38(48)49/h3-11,13-16,24-27,30-31,41,46-49H,12,17H2,1-2H3. The second-order valence-electron chi connectivity index (χ2n) is 13.2. The van der Waals surface area contributed by atoms with Gasteiger partial charge in [0.25, 0.3) is 0 Å². The number of allylic oxidation sites excluding steroid dienone is 3. The first-order valence-corrected chi connectivity index (χ1v) is 16.5. The van der Waals surface area contributed by atoms with Crippen molar-refractivity contribution < 1.29 is 53.9 Å². The second-order valence-corrected chi connectivity index (χ2v) is 13.2. The van der Waals surface area contributed by atoms with Crippen molar-refractivity contribution in [2.75, 3.05) is 24.0 Å².